The summed E-state index contributed by atoms with van der Waals surface area (Å²) in [5.74, 6) is -6.22. The number of carbonyl (C=O) groups is 8. The smallest absolute Gasteiger partial charge is 0.326 e. The Kier molecular flexibility index (Phi) is 25.8. The van der Waals surface area contributed by atoms with Gasteiger partial charge in [0.05, 0.1) is 18.1 Å². The summed E-state index contributed by atoms with van der Waals surface area (Å²) in [5.41, 5.74) is 6.55. The lowest BCUT2D eigenvalue weighted by atomic mass is 9.97. The van der Waals surface area contributed by atoms with Crippen molar-refractivity contribution in [1.82, 2.24) is 47.2 Å². The second-order valence-electron chi connectivity index (χ2n) is 20.6. The zero-order chi connectivity index (χ0) is 50.6. The van der Waals surface area contributed by atoms with E-state index >= 15 is 0 Å². The number of aliphatic carboxylic acids is 1. The van der Waals surface area contributed by atoms with E-state index in [0.29, 0.717) is 18.5 Å². The number of carbonyl (C=O) groups excluding carboxylic acids is 7. The lowest BCUT2D eigenvalue weighted by Gasteiger charge is -2.30. The number of imidazole rings is 1. The third-order valence-electron chi connectivity index (χ3n) is 10.6. The molecule has 0 aliphatic rings. The monoisotopic (exact) mass is 933 g/mol. The number of H-pyrrole nitrogens is 1. The minimum absolute atomic E-state index is 0.0191. The van der Waals surface area contributed by atoms with Gasteiger partial charge in [-0.25, -0.2) is 9.78 Å². The van der Waals surface area contributed by atoms with Crippen molar-refractivity contribution in [2.24, 2.45) is 47.2 Å². The highest BCUT2D eigenvalue weighted by Gasteiger charge is 2.36. The molecule has 1 aromatic heterocycles. The van der Waals surface area contributed by atoms with Gasteiger partial charge in [0.2, 0.25) is 41.4 Å². The Morgan fingerprint density at radius 2 is 0.773 bits per heavy atom. The molecule has 0 bridgehead atoms. The molecule has 0 aliphatic carbocycles. The number of amides is 7. The molecular formula is C47H84N10O9. The highest BCUT2D eigenvalue weighted by atomic mass is 16.4. The first-order valence-electron chi connectivity index (χ1n) is 23.7. The summed E-state index contributed by atoms with van der Waals surface area (Å²) in [6.07, 6.45) is 4.31. The molecule has 376 valence electrons. The van der Waals surface area contributed by atoms with Gasteiger partial charge in [0.15, 0.2) is 0 Å². The molecule has 0 spiro atoms. The van der Waals surface area contributed by atoms with E-state index in [2.05, 4.69) is 47.2 Å². The van der Waals surface area contributed by atoms with Crippen LogP contribution in [0.1, 0.15) is 141 Å². The number of hydrogen-bond donors (Lipinski definition) is 10. The van der Waals surface area contributed by atoms with Crippen molar-refractivity contribution < 1.29 is 43.5 Å². The third-order valence-corrected chi connectivity index (χ3v) is 10.6. The van der Waals surface area contributed by atoms with Crippen molar-refractivity contribution >= 4 is 47.3 Å². The Balaban J connectivity index is 3.36. The second kappa shape index (κ2) is 28.9. The molecule has 0 aromatic carbocycles. The van der Waals surface area contributed by atoms with Crippen LogP contribution in [0.5, 0.6) is 0 Å². The van der Waals surface area contributed by atoms with Crippen molar-refractivity contribution in [3.05, 3.63) is 18.2 Å². The normalized spacial score (nSPS) is 15.4. The van der Waals surface area contributed by atoms with Crippen LogP contribution < -0.4 is 43.0 Å². The van der Waals surface area contributed by atoms with Crippen LogP contribution in [0.4, 0.5) is 0 Å². The molecule has 0 saturated carbocycles. The van der Waals surface area contributed by atoms with E-state index in [1.807, 2.05) is 83.1 Å². The summed E-state index contributed by atoms with van der Waals surface area (Å²) in [7, 11) is 0. The van der Waals surface area contributed by atoms with Crippen molar-refractivity contribution in [2.75, 3.05) is 0 Å². The number of aromatic nitrogens is 2. The van der Waals surface area contributed by atoms with Gasteiger partial charge in [-0.1, -0.05) is 96.9 Å². The molecular weight excluding hydrogens is 849 g/mol. The highest BCUT2D eigenvalue weighted by Crippen LogP contribution is 2.15. The van der Waals surface area contributed by atoms with Crippen molar-refractivity contribution in [3.8, 4) is 0 Å². The minimum atomic E-state index is -1.32. The van der Waals surface area contributed by atoms with E-state index in [1.54, 1.807) is 13.8 Å². The summed E-state index contributed by atoms with van der Waals surface area (Å²) in [6.45, 7) is 26.1. The fourth-order valence-electron chi connectivity index (χ4n) is 7.36. The molecule has 1 aromatic rings. The molecule has 19 heteroatoms. The predicted molar refractivity (Wildman–Crippen MR) is 253 cm³/mol. The lowest BCUT2D eigenvalue weighted by Crippen LogP contribution is -2.61. The van der Waals surface area contributed by atoms with Crippen molar-refractivity contribution in [3.63, 3.8) is 0 Å². The molecule has 8 atom stereocenters. The minimum Gasteiger partial charge on any atom is -0.480 e. The first-order chi connectivity index (χ1) is 30.6. The summed E-state index contributed by atoms with van der Waals surface area (Å²) >= 11 is 0. The highest BCUT2D eigenvalue weighted by molar-refractivity contribution is 5.97. The Bertz CT molecular complexity index is 1710. The quantitative estimate of drug-likeness (QED) is 0.0535. The Labute approximate surface area is 392 Å². The molecule has 66 heavy (non-hydrogen) atoms. The van der Waals surface area contributed by atoms with E-state index < -0.39 is 102 Å². The van der Waals surface area contributed by atoms with Crippen molar-refractivity contribution in [1.29, 1.82) is 0 Å². The fourth-order valence-corrected chi connectivity index (χ4v) is 7.36. The van der Waals surface area contributed by atoms with E-state index in [-0.39, 0.29) is 67.6 Å². The van der Waals surface area contributed by atoms with Crippen LogP contribution in [0.3, 0.4) is 0 Å². The Hall–Kier alpha value is -5.07. The zero-order valence-electron chi connectivity index (χ0n) is 42.0. The summed E-state index contributed by atoms with van der Waals surface area (Å²) < 4.78 is 0. The summed E-state index contributed by atoms with van der Waals surface area (Å²) in [6, 6.07) is -8.71. The molecule has 0 fully saturated rings. The Morgan fingerprint density at radius 3 is 1.05 bits per heavy atom. The summed E-state index contributed by atoms with van der Waals surface area (Å²) in [4.78, 5) is 115. The van der Waals surface area contributed by atoms with Crippen LogP contribution in [-0.4, -0.2) is 111 Å². The molecule has 7 amide bonds. The molecule has 11 N–H and O–H groups in total. The fraction of sp³-hybridized carbons (Fsp3) is 0.766. The largest absolute Gasteiger partial charge is 0.480 e. The standard InChI is InChI=1S/C47H84N10O9/c1-24(2)15-32(48)40(58)51-33(16-25(3)4)41(59)52-34(17-26(5)6)42(60)53-35(18-27(7)8)43(61)54-36(19-28(9)10)44(62)55-37(20-29(11)12)45(63)57-39(30(13)14)46(64)56-38(47(65)66)21-31-22-49-23-50-31/h22-30,32-39H,15-21,48H2,1-14H3,(H,49,50)(H,51,58)(H,52,59)(H,53,60)(H,54,61)(H,55,62)(H,56,64)(H,57,63)(H,65,66). The van der Waals surface area contributed by atoms with Gasteiger partial charge in [0.1, 0.15) is 42.3 Å². The van der Waals surface area contributed by atoms with Crippen LogP contribution in [0.15, 0.2) is 12.5 Å². The molecule has 0 radical (unpaired) electrons. The Morgan fingerprint density at radius 1 is 0.470 bits per heavy atom. The second-order valence-corrected chi connectivity index (χ2v) is 20.6. The van der Waals surface area contributed by atoms with Crippen LogP contribution in [0.25, 0.3) is 0 Å². The van der Waals surface area contributed by atoms with Gasteiger partial charge in [0.25, 0.3) is 0 Å². The first-order valence-corrected chi connectivity index (χ1v) is 23.7. The average molecular weight is 933 g/mol. The van der Waals surface area contributed by atoms with Gasteiger partial charge in [-0.15, -0.1) is 0 Å². The molecule has 8 unspecified atom stereocenters. The van der Waals surface area contributed by atoms with Gasteiger partial charge in [-0.2, -0.15) is 0 Å². The van der Waals surface area contributed by atoms with E-state index in [1.165, 1.54) is 12.5 Å². The topological polar surface area (TPSA) is 296 Å². The van der Waals surface area contributed by atoms with Crippen LogP contribution in [0.2, 0.25) is 0 Å². The number of hydrogen-bond acceptors (Lipinski definition) is 10. The molecule has 0 saturated heterocycles. The van der Waals surface area contributed by atoms with Gasteiger partial charge in [0, 0.05) is 12.6 Å². The van der Waals surface area contributed by atoms with Crippen LogP contribution in [0, 0.1) is 41.4 Å². The number of nitrogens with two attached hydrogens (primary N) is 1. The van der Waals surface area contributed by atoms with Gasteiger partial charge in [-0.05, 0) is 80.0 Å². The third kappa shape index (κ3) is 22.4. The SMILES string of the molecule is CC(C)CC(N)C(=O)NC(CC(C)C)C(=O)NC(CC(C)C)C(=O)NC(CC(C)C)C(=O)NC(CC(C)C)C(=O)NC(CC(C)C)C(=O)NC(C(=O)NC(Cc1c[nH]cn1)C(=O)O)C(C)C. The number of aromatic amines is 1. The maximum atomic E-state index is 14.2. The molecule has 1 heterocycles. The van der Waals surface area contributed by atoms with Crippen LogP contribution in [-0.2, 0) is 44.8 Å². The van der Waals surface area contributed by atoms with E-state index in [4.69, 9.17) is 5.73 Å². The maximum Gasteiger partial charge on any atom is 0.326 e. The van der Waals surface area contributed by atoms with E-state index in [9.17, 15) is 43.5 Å². The zero-order valence-corrected chi connectivity index (χ0v) is 42.0. The van der Waals surface area contributed by atoms with E-state index in [0.717, 1.165) is 0 Å². The predicted octanol–water partition coefficient (Wildman–Crippen LogP) is 2.69. The van der Waals surface area contributed by atoms with Gasteiger partial charge in [-0.3, -0.25) is 33.6 Å². The maximum absolute atomic E-state index is 14.2. The number of carboxylic acids is 1. The molecule has 1 rings (SSSR count). The number of nitrogens with one attached hydrogen (secondary N) is 8. The van der Waals surface area contributed by atoms with Gasteiger partial charge < -0.3 is 53.0 Å². The average Bonchev–Trinajstić information content (AvgIpc) is 3.70. The molecule has 0 aliphatic heterocycles. The molecule has 19 nitrogen and oxygen atoms in total. The number of nitrogens with zero attached hydrogens (tertiary/aromatic N) is 1. The lowest BCUT2D eigenvalue weighted by molar-refractivity contribution is -0.142. The van der Waals surface area contributed by atoms with Crippen LogP contribution >= 0.6 is 0 Å². The first kappa shape index (κ1) is 58.9. The van der Waals surface area contributed by atoms with Gasteiger partial charge >= 0.3 is 5.97 Å². The number of carboxylic acid groups (broad SMARTS) is 1. The van der Waals surface area contributed by atoms with Crippen molar-refractivity contribution in [2.45, 2.75) is 190 Å². The summed E-state index contributed by atoms with van der Waals surface area (Å²) in [5, 5.41) is 29.1. The number of rotatable bonds is 30.